The molecule has 5 nitrogen and oxygen atoms in total. The third kappa shape index (κ3) is 5.03. The molecule has 0 fully saturated rings. The molecule has 2 rings (SSSR count). The first-order valence-electron chi connectivity index (χ1n) is 7.87. The fourth-order valence-electron chi connectivity index (χ4n) is 2.29. The number of nitrogens with one attached hydrogen (secondary N) is 2. The Hall–Kier alpha value is -2.41. The van der Waals surface area contributed by atoms with E-state index < -0.39 is 15.8 Å². The molecule has 0 unspecified atom stereocenters. The molecule has 0 radical (unpaired) electrons. The average molecular weight is 364 g/mol. The van der Waals surface area contributed by atoms with Crippen molar-refractivity contribution >= 4 is 27.3 Å². The number of sulfonamides is 1. The third-order valence-corrected chi connectivity index (χ3v) is 4.98. The standard InChI is InChI=1S/C18H21FN2O3S/c1-12(2)10-18(22)20-14-9-8-13(3)17(11-14)25(23,24)21-16-7-5-4-6-15(16)19/h4-9,11-12,21H,10H2,1-3H3,(H,20,22). The summed E-state index contributed by atoms with van der Waals surface area (Å²) in [7, 11) is -3.99. The quantitative estimate of drug-likeness (QED) is 0.816. The van der Waals surface area contributed by atoms with E-state index >= 15 is 0 Å². The van der Waals surface area contributed by atoms with Crippen molar-refractivity contribution in [2.24, 2.45) is 5.92 Å². The first-order valence-corrected chi connectivity index (χ1v) is 9.35. The van der Waals surface area contributed by atoms with Gasteiger partial charge in [-0.1, -0.05) is 32.0 Å². The van der Waals surface area contributed by atoms with E-state index in [9.17, 15) is 17.6 Å². The molecule has 2 aromatic carbocycles. The van der Waals surface area contributed by atoms with Crippen molar-refractivity contribution in [1.29, 1.82) is 0 Å². The predicted octanol–water partition coefficient (Wildman–Crippen LogP) is 3.92. The van der Waals surface area contributed by atoms with Crippen LogP contribution < -0.4 is 10.0 Å². The fraction of sp³-hybridized carbons (Fsp3) is 0.278. The van der Waals surface area contributed by atoms with E-state index in [2.05, 4.69) is 10.0 Å². The molecule has 0 saturated heterocycles. The van der Waals surface area contributed by atoms with Crippen LogP contribution in [-0.2, 0) is 14.8 Å². The van der Waals surface area contributed by atoms with Crippen molar-refractivity contribution < 1.29 is 17.6 Å². The zero-order valence-corrected chi connectivity index (χ0v) is 15.2. The van der Waals surface area contributed by atoms with E-state index in [0.29, 0.717) is 17.7 Å². The molecule has 1 amide bonds. The number of carbonyl (C=O) groups excluding carboxylic acids is 1. The Morgan fingerprint density at radius 2 is 1.84 bits per heavy atom. The molecule has 0 atom stereocenters. The van der Waals surface area contributed by atoms with Crippen molar-refractivity contribution in [1.82, 2.24) is 0 Å². The first-order chi connectivity index (χ1) is 11.7. The van der Waals surface area contributed by atoms with E-state index in [1.54, 1.807) is 19.1 Å². The average Bonchev–Trinajstić information content (AvgIpc) is 2.50. The number of benzene rings is 2. The number of aryl methyl sites for hydroxylation is 1. The minimum atomic E-state index is -3.99. The lowest BCUT2D eigenvalue weighted by Crippen LogP contribution is -2.17. The highest BCUT2D eigenvalue weighted by molar-refractivity contribution is 7.92. The van der Waals surface area contributed by atoms with Gasteiger partial charge < -0.3 is 5.32 Å². The summed E-state index contributed by atoms with van der Waals surface area (Å²) in [5.41, 5.74) is 0.743. The lowest BCUT2D eigenvalue weighted by molar-refractivity contribution is -0.116. The highest BCUT2D eigenvalue weighted by atomic mass is 32.2. The summed E-state index contributed by atoms with van der Waals surface area (Å²) in [6, 6.07) is 10.1. The SMILES string of the molecule is Cc1ccc(NC(=O)CC(C)C)cc1S(=O)(=O)Nc1ccccc1F. The summed E-state index contributed by atoms with van der Waals surface area (Å²) >= 11 is 0. The number of anilines is 2. The molecule has 2 aromatic rings. The highest BCUT2D eigenvalue weighted by Gasteiger charge is 2.19. The molecule has 0 heterocycles. The molecule has 134 valence electrons. The van der Waals surface area contributed by atoms with Crippen molar-refractivity contribution in [3.8, 4) is 0 Å². The molecule has 0 aliphatic carbocycles. The lowest BCUT2D eigenvalue weighted by atomic mass is 10.1. The molecule has 0 bridgehead atoms. The second-order valence-corrected chi connectivity index (χ2v) is 7.86. The number of amides is 1. The summed E-state index contributed by atoms with van der Waals surface area (Å²) in [4.78, 5) is 11.9. The van der Waals surface area contributed by atoms with Gasteiger partial charge in [0.05, 0.1) is 10.6 Å². The number of carbonyl (C=O) groups is 1. The van der Waals surface area contributed by atoms with Crippen LogP contribution in [0.3, 0.4) is 0 Å². The molecule has 0 aromatic heterocycles. The van der Waals surface area contributed by atoms with Gasteiger partial charge in [0.15, 0.2) is 0 Å². The maximum Gasteiger partial charge on any atom is 0.262 e. The smallest absolute Gasteiger partial charge is 0.262 e. The summed E-state index contributed by atoms with van der Waals surface area (Å²) in [6.07, 6.45) is 0.337. The van der Waals surface area contributed by atoms with E-state index in [-0.39, 0.29) is 22.4 Å². The summed E-state index contributed by atoms with van der Waals surface area (Å²) < 4.78 is 41.2. The largest absolute Gasteiger partial charge is 0.326 e. The number of rotatable bonds is 6. The fourth-order valence-corrected chi connectivity index (χ4v) is 3.63. The van der Waals surface area contributed by atoms with Gasteiger partial charge in [-0.15, -0.1) is 0 Å². The lowest BCUT2D eigenvalue weighted by Gasteiger charge is -2.13. The topological polar surface area (TPSA) is 75.3 Å². The Bertz CT molecular complexity index is 880. The molecule has 0 aliphatic rings. The normalized spacial score (nSPS) is 11.4. The van der Waals surface area contributed by atoms with Gasteiger partial charge in [-0.2, -0.15) is 0 Å². The number of hydrogen-bond acceptors (Lipinski definition) is 3. The van der Waals surface area contributed by atoms with Gasteiger partial charge in [0, 0.05) is 12.1 Å². The Morgan fingerprint density at radius 3 is 2.48 bits per heavy atom. The molecule has 0 aliphatic heterocycles. The van der Waals surface area contributed by atoms with Crippen molar-refractivity contribution in [3.05, 3.63) is 53.8 Å². The number of para-hydroxylation sites is 1. The highest BCUT2D eigenvalue weighted by Crippen LogP contribution is 2.24. The zero-order chi connectivity index (χ0) is 18.6. The molecule has 7 heteroatoms. The van der Waals surface area contributed by atoms with Crippen LogP contribution in [-0.4, -0.2) is 14.3 Å². The second kappa shape index (κ2) is 7.65. The molecule has 0 saturated carbocycles. The van der Waals surface area contributed by atoms with Crippen LogP contribution in [0.2, 0.25) is 0 Å². The van der Waals surface area contributed by atoms with Crippen LogP contribution in [0.5, 0.6) is 0 Å². The zero-order valence-electron chi connectivity index (χ0n) is 14.3. The monoisotopic (exact) mass is 364 g/mol. The van der Waals surface area contributed by atoms with E-state index in [1.165, 1.54) is 30.3 Å². The van der Waals surface area contributed by atoms with Crippen LogP contribution in [0, 0.1) is 18.7 Å². The minimum Gasteiger partial charge on any atom is -0.326 e. The van der Waals surface area contributed by atoms with E-state index in [1.807, 2.05) is 13.8 Å². The van der Waals surface area contributed by atoms with Gasteiger partial charge in [-0.25, -0.2) is 12.8 Å². The first kappa shape index (κ1) is 18.9. The van der Waals surface area contributed by atoms with E-state index in [0.717, 1.165) is 0 Å². The van der Waals surface area contributed by atoms with Crippen LogP contribution in [0.1, 0.15) is 25.8 Å². The van der Waals surface area contributed by atoms with Crippen molar-refractivity contribution in [2.45, 2.75) is 32.1 Å². The van der Waals surface area contributed by atoms with Crippen LogP contribution in [0.4, 0.5) is 15.8 Å². The van der Waals surface area contributed by atoms with Crippen LogP contribution in [0.15, 0.2) is 47.4 Å². The summed E-state index contributed by atoms with van der Waals surface area (Å²) in [5, 5.41) is 2.68. The van der Waals surface area contributed by atoms with Crippen molar-refractivity contribution in [3.63, 3.8) is 0 Å². The van der Waals surface area contributed by atoms with Crippen LogP contribution in [0.25, 0.3) is 0 Å². The van der Waals surface area contributed by atoms with Crippen molar-refractivity contribution in [2.75, 3.05) is 10.0 Å². The second-order valence-electron chi connectivity index (χ2n) is 6.21. The predicted molar refractivity (Wildman–Crippen MR) is 96.5 cm³/mol. The minimum absolute atomic E-state index is 0.0156. The van der Waals surface area contributed by atoms with E-state index in [4.69, 9.17) is 0 Å². The molecular weight excluding hydrogens is 343 g/mol. The van der Waals surface area contributed by atoms with Crippen LogP contribution >= 0.6 is 0 Å². The Kier molecular flexibility index (Phi) is 5.79. The molecular formula is C18H21FN2O3S. The van der Waals surface area contributed by atoms with Gasteiger partial charge in [0.2, 0.25) is 5.91 Å². The Morgan fingerprint density at radius 1 is 1.16 bits per heavy atom. The summed E-state index contributed by atoms with van der Waals surface area (Å²) in [5.74, 6) is -0.661. The maximum absolute atomic E-state index is 13.7. The molecule has 25 heavy (non-hydrogen) atoms. The van der Waals surface area contributed by atoms with Gasteiger partial charge in [0.1, 0.15) is 5.82 Å². The van der Waals surface area contributed by atoms with Gasteiger partial charge in [0.25, 0.3) is 10.0 Å². The van der Waals surface area contributed by atoms with Gasteiger partial charge >= 0.3 is 0 Å². The molecule has 2 N–H and O–H groups in total. The van der Waals surface area contributed by atoms with Gasteiger partial charge in [-0.05, 0) is 42.7 Å². The number of hydrogen-bond donors (Lipinski definition) is 2. The Labute approximate surface area is 147 Å². The third-order valence-electron chi connectivity index (χ3n) is 3.47. The Balaban J connectivity index is 2.29. The summed E-state index contributed by atoms with van der Waals surface area (Å²) in [6.45, 7) is 5.47. The number of halogens is 1. The van der Waals surface area contributed by atoms with Gasteiger partial charge in [-0.3, -0.25) is 9.52 Å². The maximum atomic E-state index is 13.7. The molecule has 0 spiro atoms.